The summed E-state index contributed by atoms with van der Waals surface area (Å²) >= 11 is 2.44. The lowest BCUT2D eigenvalue weighted by molar-refractivity contribution is -0.169. The minimum Gasteiger partial charge on any atom is -0.374 e. The average molecular weight is 2090 g/mol. The van der Waals surface area contributed by atoms with Crippen molar-refractivity contribution >= 4 is 11.8 Å². The Hall–Kier alpha value is -0.130. The van der Waals surface area contributed by atoms with E-state index in [-0.39, 0.29) is 14.9 Å². The van der Waals surface area contributed by atoms with Crippen molar-refractivity contribution in [3.63, 3.8) is 0 Å². The highest BCUT2D eigenvalue weighted by molar-refractivity contribution is 8.00. The Morgan fingerprint density at radius 1 is 0.160 bits per heavy atom. The van der Waals surface area contributed by atoms with Gasteiger partial charge in [-0.15, -0.1) is 0 Å². The smallest absolute Gasteiger partial charge is 0.0766 e. The number of nitrogens with zero attached hydrogens (tertiary/aromatic N) is 4. The molecule has 12 heterocycles. The van der Waals surface area contributed by atoms with E-state index >= 15 is 0 Å². The zero-order valence-corrected chi connectivity index (χ0v) is 94.9. The lowest BCUT2D eigenvalue weighted by atomic mass is 9.54. The van der Waals surface area contributed by atoms with Gasteiger partial charge in [0.2, 0.25) is 0 Å². The molecule has 22 saturated carbocycles. The second-order valence-electron chi connectivity index (χ2n) is 61.7. The predicted molar refractivity (Wildman–Crippen MR) is 606 cm³/mol. The molecule has 0 radical (unpaired) electrons. The van der Waals surface area contributed by atoms with Crippen LogP contribution >= 0.6 is 11.8 Å². The van der Waals surface area contributed by atoms with Crippen molar-refractivity contribution in [1.29, 1.82) is 0 Å². The van der Waals surface area contributed by atoms with Crippen LogP contribution in [0.4, 0.5) is 0 Å². The first-order valence-corrected chi connectivity index (χ1v) is 70.1. The Labute approximate surface area is 919 Å². The SMILES string of the molecule is C.C.C1CCC(C2CCC3C(C2)C2CC(C4CCCCC4)CCC2N3C2CCCC3C4CCC5OC6CCCCC6C5C4OC32)CC1.C1CCC2C(C1)OC1CCC3C4CCCC(N5C6CCCCC6C6CCCCC65)C4OC3C12.C1CCC2C(C1)OC1CCC3C4CCCC(N5C6CCCCC6SC6CCCCC65)C4OC3C12.CC1(C)C2CCCCC2N(C2CCCC3C4CCC5OC6CCCCC6C5C4OC32)C2CCCCC21. The van der Waals surface area contributed by atoms with Gasteiger partial charge < -0.3 is 37.9 Å². The summed E-state index contributed by atoms with van der Waals surface area (Å²) in [7, 11) is 0. The number of ether oxygens (including phenoxy) is 8. The van der Waals surface area contributed by atoms with Gasteiger partial charge in [-0.2, -0.15) is 11.8 Å². The van der Waals surface area contributed by atoms with Crippen LogP contribution in [0.2, 0.25) is 0 Å². The Balaban J connectivity index is 0.0000000942. The minimum absolute atomic E-state index is 0. The fourth-order valence-corrected chi connectivity index (χ4v) is 52.7. The van der Waals surface area contributed by atoms with Crippen LogP contribution in [0.1, 0.15) is 517 Å². The highest BCUT2D eigenvalue weighted by Gasteiger charge is 2.71. The van der Waals surface area contributed by atoms with Gasteiger partial charge in [0.05, 0.1) is 97.7 Å². The van der Waals surface area contributed by atoms with Gasteiger partial charge in [-0.05, 0) is 405 Å². The fourth-order valence-electron chi connectivity index (χ4n) is 50.8. The number of hydrogen-bond acceptors (Lipinski definition) is 13. The largest absolute Gasteiger partial charge is 0.374 e. The molecule has 34 fully saturated rings. The first kappa shape index (κ1) is 105. The van der Waals surface area contributed by atoms with Crippen LogP contribution in [0, 0.1) is 159 Å². The van der Waals surface area contributed by atoms with E-state index in [0.29, 0.717) is 121 Å². The lowest BCUT2D eigenvalue weighted by Gasteiger charge is -2.64. The molecule has 22 aliphatic carbocycles. The van der Waals surface area contributed by atoms with E-state index in [2.05, 4.69) is 45.2 Å². The van der Waals surface area contributed by atoms with Crippen LogP contribution in [-0.2, 0) is 37.9 Å². The van der Waals surface area contributed by atoms with Crippen molar-refractivity contribution in [3.8, 4) is 0 Å². The first-order valence-electron chi connectivity index (χ1n) is 69.2. The molecule has 0 aromatic heterocycles. The standard InChI is InChI=1S/C42H67NO2.C33H53NO2.C30H47NO2S.C30H47NO2.2CH4/c1-3-10-26(11-4-1)28-18-21-35-33(24-28)34-25-29(27-12-5-2-6-13-27)19-22-36(34)43(35)37-16-9-15-30-31-20-23-39-40(42(31)45-41(30)37)32-14-7-8-17-38(32)44-39;1-33(2)23-12-4-6-14-25(23)34(26-15-7-5-13-24(26)33)27-16-9-11-20-21-18-19-29-30(32(21)36-31(20)27)22-10-3-8-17-28(22)35-29;1-4-13-24-20(8-1)28-25(32-24)17-16-19-18-9-7-12-23(29(18)33-30(19)28)31-21-10-2-5-14-26(21)34-27-15-6-3-11-22(27)31;1-4-12-23-18(8-1)19-9-2-5-13-24(19)31(23)25-14-7-11-20-21-16-17-27-28(30(21)33-29(20)25)22-10-3-6-15-26(22)32-27;;/h26-42H,1-25H2;20-32H,3-19H2,1-2H3;18-30H,1-17H2;18-30H,1-17H2;2*1H4. The van der Waals surface area contributed by atoms with Crippen LogP contribution in [0.25, 0.3) is 0 Å². The summed E-state index contributed by atoms with van der Waals surface area (Å²) in [5.74, 6) is 22.9. The summed E-state index contributed by atoms with van der Waals surface area (Å²) < 4.78 is 56.9. The maximum atomic E-state index is 7.63. The van der Waals surface area contributed by atoms with Crippen LogP contribution in [0.5, 0.6) is 0 Å². The third kappa shape index (κ3) is 18.1. The van der Waals surface area contributed by atoms with E-state index in [9.17, 15) is 0 Å². The normalized spacial score (nSPS) is 55.3. The zero-order valence-electron chi connectivity index (χ0n) is 94.0. The molecular formula is C137H222N4O8S. The molecule has 12 saturated heterocycles. The quantitative estimate of drug-likeness (QED) is 0.253. The van der Waals surface area contributed by atoms with Gasteiger partial charge in [0.25, 0.3) is 0 Å². The van der Waals surface area contributed by atoms with Gasteiger partial charge in [-0.3, -0.25) is 19.6 Å². The van der Waals surface area contributed by atoms with Crippen LogP contribution < -0.4 is 0 Å². The first-order chi connectivity index (χ1) is 73.2. The van der Waals surface area contributed by atoms with Gasteiger partial charge in [0.1, 0.15) is 0 Å². The van der Waals surface area contributed by atoms with E-state index in [1.54, 1.807) is 51.4 Å². The molecule has 34 rings (SSSR count). The van der Waals surface area contributed by atoms with Gasteiger partial charge >= 0.3 is 0 Å². The number of rotatable bonds is 6. The summed E-state index contributed by atoms with van der Waals surface area (Å²) in [6.07, 6.45) is 119. The Morgan fingerprint density at radius 3 is 0.733 bits per heavy atom. The second kappa shape index (κ2) is 44.4. The average Bonchev–Trinajstić information content (AvgIpc) is 0.796. The van der Waals surface area contributed by atoms with Crippen molar-refractivity contribution in [3.05, 3.63) is 0 Å². The summed E-state index contributed by atoms with van der Waals surface area (Å²) in [6.45, 7) is 5.36. The molecule has 34 aliphatic rings. The van der Waals surface area contributed by atoms with Crippen LogP contribution in [0.15, 0.2) is 0 Å². The molecule has 150 heavy (non-hydrogen) atoms. The zero-order chi connectivity index (χ0) is 97.2. The van der Waals surface area contributed by atoms with Gasteiger partial charge in [0.15, 0.2) is 0 Å². The summed E-state index contributed by atoms with van der Waals surface area (Å²) in [5, 5.41) is 1.82. The van der Waals surface area contributed by atoms with Crippen molar-refractivity contribution in [1.82, 2.24) is 19.6 Å². The van der Waals surface area contributed by atoms with Crippen LogP contribution in [0.3, 0.4) is 0 Å². The third-order valence-corrected chi connectivity index (χ3v) is 57.8. The van der Waals surface area contributed by atoms with Crippen molar-refractivity contribution in [2.45, 2.75) is 697 Å². The number of thioether (sulfide) groups is 1. The molecular weight excluding hydrogens is 1860 g/mol. The molecule has 54 unspecified atom stereocenters. The second-order valence-corrected chi connectivity index (χ2v) is 63.2. The molecule has 54 atom stereocenters. The molecule has 12 nitrogen and oxygen atoms in total. The van der Waals surface area contributed by atoms with Crippen LogP contribution in [-0.4, -0.2) is 200 Å². The summed E-state index contributed by atoms with van der Waals surface area (Å²) in [4.78, 5) is 12.9. The van der Waals surface area contributed by atoms with E-state index in [0.717, 1.165) is 219 Å². The fraction of sp³-hybridized carbons (Fsp3) is 1.00. The van der Waals surface area contributed by atoms with Crippen molar-refractivity contribution in [2.75, 3.05) is 0 Å². The molecule has 0 aromatic carbocycles. The highest BCUT2D eigenvalue weighted by Crippen LogP contribution is 2.69. The molecule has 0 amide bonds. The van der Waals surface area contributed by atoms with Crippen molar-refractivity contribution < 1.29 is 37.9 Å². The topological polar surface area (TPSA) is 86.8 Å². The molecule has 0 bridgehead atoms. The van der Waals surface area contributed by atoms with E-state index in [4.69, 9.17) is 37.9 Å². The maximum Gasteiger partial charge on any atom is 0.0766 e. The molecule has 12 aliphatic heterocycles. The van der Waals surface area contributed by atoms with Gasteiger partial charge in [-0.25, -0.2) is 0 Å². The number of fused-ring (bicyclic) bond motifs is 38. The summed E-state index contributed by atoms with van der Waals surface area (Å²) in [5.41, 5.74) is 0.523. The van der Waals surface area contributed by atoms with Crippen molar-refractivity contribution in [2.24, 2.45) is 159 Å². The van der Waals surface area contributed by atoms with E-state index < -0.39 is 0 Å². The number of hydrogen-bond donors (Lipinski definition) is 0. The van der Waals surface area contributed by atoms with E-state index in [1.165, 1.54) is 437 Å². The maximum absolute atomic E-state index is 7.63. The molecule has 0 aromatic rings. The highest BCUT2D eigenvalue weighted by atomic mass is 32.2. The molecule has 13 heteroatoms. The molecule has 844 valence electrons. The monoisotopic (exact) mass is 2080 g/mol. The minimum atomic E-state index is 0. The third-order valence-electron chi connectivity index (χ3n) is 56.0. The van der Waals surface area contributed by atoms with Gasteiger partial charge in [-0.1, -0.05) is 247 Å². The predicted octanol–water partition coefficient (Wildman–Crippen LogP) is 31.5. The number of likely N-dealkylation sites (tertiary alicyclic amines) is 3. The molecule has 0 N–H and O–H groups in total. The Bertz CT molecular complexity index is 4330. The van der Waals surface area contributed by atoms with Gasteiger partial charge in [0, 0.05) is 107 Å². The molecule has 0 spiro atoms. The van der Waals surface area contributed by atoms with E-state index in [1.807, 2.05) is 0 Å². The number of piperidine rings is 1. The Morgan fingerprint density at radius 2 is 0.400 bits per heavy atom. The Kier molecular flexibility index (Phi) is 31.1. The summed E-state index contributed by atoms with van der Waals surface area (Å²) in [6, 6.07) is 9.76. The lowest BCUT2D eigenvalue weighted by Crippen LogP contribution is -2.68.